The van der Waals surface area contributed by atoms with E-state index in [1.807, 2.05) is 48.5 Å². The molecule has 0 bridgehead atoms. The smallest absolute Gasteiger partial charge is 0.310 e. The number of hydrogen-bond donors (Lipinski definition) is 1. The summed E-state index contributed by atoms with van der Waals surface area (Å²) in [6.07, 6.45) is 0. The Morgan fingerprint density at radius 3 is 2.10 bits per heavy atom. The van der Waals surface area contributed by atoms with Crippen molar-refractivity contribution in [2.45, 2.75) is 18.5 Å². The Labute approximate surface area is 226 Å². The second-order valence-electron chi connectivity index (χ2n) is 9.80. The first-order valence-corrected chi connectivity index (χ1v) is 12.8. The number of rotatable bonds is 8. The van der Waals surface area contributed by atoms with Gasteiger partial charge < -0.3 is 38.5 Å². The SMILES string of the molecule is COc1ccc(CN[C@@H]2c3cc4c(cc3[C@@H](c3cc(OC)c(OC)c(OC)c3)[C@H]3C(=O)OC[C@@H]32)OCO4)cc1. The largest absolute Gasteiger partial charge is 0.497 e. The van der Waals surface area contributed by atoms with E-state index in [-0.39, 0.29) is 30.6 Å². The van der Waals surface area contributed by atoms with Crippen molar-refractivity contribution in [2.75, 3.05) is 41.8 Å². The molecule has 3 aromatic rings. The highest BCUT2D eigenvalue weighted by atomic mass is 16.7. The average Bonchev–Trinajstić information content (AvgIpc) is 3.59. The van der Waals surface area contributed by atoms with Crippen molar-refractivity contribution in [3.63, 3.8) is 0 Å². The molecule has 0 amide bonds. The molecule has 9 nitrogen and oxygen atoms in total. The van der Waals surface area contributed by atoms with Gasteiger partial charge in [-0.1, -0.05) is 12.1 Å². The lowest BCUT2D eigenvalue weighted by Gasteiger charge is -2.39. The van der Waals surface area contributed by atoms with Crippen LogP contribution in [0.1, 0.15) is 34.2 Å². The number of nitrogens with one attached hydrogen (secondary N) is 1. The summed E-state index contributed by atoms with van der Waals surface area (Å²) in [5.74, 6) is 2.63. The molecule has 1 saturated heterocycles. The number of ether oxygens (including phenoxy) is 7. The van der Waals surface area contributed by atoms with E-state index in [9.17, 15) is 4.79 Å². The number of methoxy groups -OCH3 is 4. The van der Waals surface area contributed by atoms with E-state index < -0.39 is 5.92 Å². The third-order valence-corrected chi connectivity index (χ3v) is 7.92. The van der Waals surface area contributed by atoms with Gasteiger partial charge in [-0.15, -0.1) is 0 Å². The molecule has 39 heavy (non-hydrogen) atoms. The molecule has 3 aliphatic rings. The van der Waals surface area contributed by atoms with Gasteiger partial charge >= 0.3 is 5.97 Å². The average molecular weight is 534 g/mol. The van der Waals surface area contributed by atoms with Crippen molar-refractivity contribution in [3.8, 4) is 34.5 Å². The van der Waals surface area contributed by atoms with Crippen LogP contribution in [0.2, 0.25) is 0 Å². The topological polar surface area (TPSA) is 93.7 Å². The summed E-state index contributed by atoms with van der Waals surface area (Å²) in [6.45, 7) is 1.08. The van der Waals surface area contributed by atoms with Crippen LogP contribution in [0.4, 0.5) is 0 Å². The number of benzene rings is 3. The molecule has 2 aliphatic heterocycles. The lowest BCUT2D eigenvalue weighted by Crippen LogP contribution is -2.40. The molecule has 4 atom stereocenters. The first kappa shape index (κ1) is 25.2. The molecule has 9 heteroatoms. The maximum Gasteiger partial charge on any atom is 0.310 e. The lowest BCUT2D eigenvalue weighted by molar-refractivity contribution is -0.141. The number of cyclic esters (lactones) is 1. The van der Waals surface area contributed by atoms with Crippen LogP contribution in [-0.2, 0) is 16.1 Å². The Kier molecular flexibility index (Phi) is 6.60. The van der Waals surface area contributed by atoms with Crippen molar-refractivity contribution in [2.24, 2.45) is 11.8 Å². The van der Waals surface area contributed by atoms with Gasteiger partial charge in [0.25, 0.3) is 0 Å². The standard InChI is InChI=1S/C30H31NO8/c1-33-18-7-5-16(6-8-18)13-31-28-20-12-23-22(38-15-39-23)11-19(20)26(27-21(28)14-37-30(27)32)17-9-24(34-2)29(36-4)25(10-17)35-3/h5-12,21,26-28,31H,13-15H2,1-4H3/t21-,26+,27-,28+/m0/s1. The highest BCUT2D eigenvalue weighted by Crippen LogP contribution is 2.55. The lowest BCUT2D eigenvalue weighted by atomic mass is 9.65. The van der Waals surface area contributed by atoms with Crippen LogP contribution < -0.4 is 33.7 Å². The molecule has 0 unspecified atom stereocenters. The fourth-order valence-electron chi connectivity index (χ4n) is 6.08. The van der Waals surface area contributed by atoms with Crippen molar-refractivity contribution in [1.29, 1.82) is 0 Å². The first-order valence-electron chi connectivity index (χ1n) is 12.8. The van der Waals surface area contributed by atoms with Crippen LogP contribution in [0, 0.1) is 11.8 Å². The zero-order valence-electron chi connectivity index (χ0n) is 22.3. The summed E-state index contributed by atoms with van der Waals surface area (Å²) >= 11 is 0. The van der Waals surface area contributed by atoms with E-state index >= 15 is 0 Å². The molecule has 0 aromatic heterocycles. The number of hydrogen-bond acceptors (Lipinski definition) is 9. The summed E-state index contributed by atoms with van der Waals surface area (Å²) in [5.41, 5.74) is 3.99. The Morgan fingerprint density at radius 1 is 0.821 bits per heavy atom. The van der Waals surface area contributed by atoms with Crippen LogP contribution in [0.5, 0.6) is 34.5 Å². The molecule has 1 aliphatic carbocycles. The van der Waals surface area contributed by atoms with Crippen molar-refractivity contribution < 1.29 is 38.0 Å². The van der Waals surface area contributed by atoms with Gasteiger partial charge in [0.1, 0.15) is 5.75 Å². The molecule has 1 N–H and O–H groups in total. The van der Waals surface area contributed by atoms with E-state index in [4.69, 9.17) is 33.2 Å². The number of carbonyl (C=O) groups excluding carboxylic acids is 1. The van der Waals surface area contributed by atoms with E-state index in [0.29, 0.717) is 41.9 Å². The monoisotopic (exact) mass is 533 g/mol. The molecule has 3 aromatic carbocycles. The second kappa shape index (κ2) is 10.2. The molecule has 0 radical (unpaired) electrons. The minimum absolute atomic E-state index is 0.104. The van der Waals surface area contributed by atoms with Crippen molar-refractivity contribution >= 4 is 5.97 Å². The van der Waals surface area contributed by atoms with Gasteiger partial charge in [-0.2, -0.15) is 0 Å². The minimum atomic E-state index is -0.422. The fraction of sp³-hybridized carbons (Fsp3) is 0.367. The summed E-state index contributed by atoms with van der Waals surface area (Å²) < 4.78 is 39.4. The van der Waals surface area contributed by atoms with Gasteiger partial charge in [0, 0.05) is 24.4 Å². The number of esters is 1. The van der Waals surface area contributed by atoms with Gasteiger partial charge in [-0.3, -0.25) is 4.79 Å². The highest BCUT2D eigenvalue weighted by Gasteiger charge is 2.52. The Morgan fingerprint density at radius 2 is 1.49 bits per heavy atom. The third kappa shape index (κ3) is 4.27. The predicted octanol–water partition coefficient (Wildman–Crippen LogP) is 4.22. The molecule has 0 spiro atoms. The molecule has 1 fully saturated rings. The predicted molar refractivity (Wildman–Crippen MR) is 141 cm³/mol. The minimum Gasteiger partial charge on any atom is -0.497 e. The Bertz CT molecular complexity index is 1360. The van der Waals surface area contributed by atoms with E-state index in [1.54, 1.807) is 28.4 Å². The molecule has 0 saturated carbocycles. The molecule has 204 valence electrons. The van der Waals surface area contributed by atoms with E-state index in [0.717, 1.165) is 28.0 Å². The highest BCUT2D eigenvalue weighted by molar-refractivity contribution is 5.79. The number of fused-ring (bicyclic) bond motifs is 3. The molecular formula is C30H31NO8. The molecule has 6 rings (SSSR count). The van der Waals surface area contributed by atoms with Crippen LogP contribution in [-0.4, -0.2) is 47.8 Å². The normalized spacial score (nSPS) is 22.5. The quantitative estimate of drug-likeness (QED) is 0.427. The van der Waals surface area contributed by atoms with Gasteiger partial charge in [0.2, 0.25) is 12.5 Å². The van der Waals surface area contributed by atoms with Crippen LogP contribution in [0.15, 0.2) is 48.5 Å². The summed E-state index contributed by atoms with van der Waals surface area (Å²) in [4.78, 5) is 13.4. The maximum absolute atomic E-state index is 13.4. The van der Waals surface area contributed by atoms with E-state index in [2.05, 4.69) is 5.32 Å². The zero-order valence-corrected chi connectivity index (χ0v) is 22.3. The number of carbonyl (C=O) groups is 1. The fourth-order valence-corrected chi connectivity index (χ4v) is 6.08. The first-order chi connectivity index (χ1) is 19.1. The Balaban J connectivity index is 1.46. The van der Waals surface area contributed by atoms with Crippen LogP contribution in [0.3, 0.4) is 0 Å². The maximum atomic E-state index is 13.4. The van der Waals surface area contributed by atoms with Gasteiger partial charge in [0.15, 0.2) is 23.0 Å². The van der Waals surface area contributed by atoms with Gasteiger partial charge in [-0.05, 0) is 58.7 Å². The van der Waals surface area contributed by atoms with Gasteiger partial charge in [0.05, 0.1) is 41.0 Å². The Hall–Kier alpha value is -4.11. The molecule has 2 heterocycles. The van der Waals surface area contributed by atoms with E-state index in [1.165, 1.54) is 0 Å². The zero-order chi connectivity index (χ0) is 27.1. The molecular weight excluding hydrogens is 502 g/mol. The second-order valence-corrected chi connectivity index (χ2v) is 9.80. The van der Waals surface area contributed by atoms with Crippen molar-refractivity contribution in [1.82, 2.24) is 5.32 Å². The third-order valence-electron chi connectivity index (χ3n) is 7.92. The van der Waals surface area contributed by atoms with Gasteiger partial charge in [-0.25, -0.2) is 0 Å². The van der Waals surface area contributed by atoms with Crippen LogP contribution >= 0.6 is 0 Å². The summed E-state index contributed by atoms with van der Waals surface area (Å²) in [6, 6.07) is 15.6. The van der Waals surface area contributed by atoms with Crippen molar-refractivity contribution in [3.05, 3.63) is 70.8 Å². The van der Waals surface area contributed by atoms with Crippen LogP contribution in [0.25, 0.3) is 0 Å². The summed E-state index contributed by atoms with van der Waals surface area (Å²) in [5, 5.41) is 3.71. The summed E-state index contributed by atoms with van der Waals surface area (Å²) in [7, 11) is 6.39.